The van der Waals surface area contributed by atoms with Crippen molar-refractivity contribution in [3.05, 3.63) is 24.3 Å². The molecule has 2 N–H and O–H groups in total. The number of carbonyl (C=O) groups excluding carboxylic acids is 2. The molecule has 0 amide bonds. The summed E-state index contributed by atoms with van der Waals surface area (Å²) in [5.41, 5.74) is -0.872. The topological polar surface area (TPSA) is 76.7 Å². The van der Waals surface area contributed by atoms with Crippen molar-refractivity contribution in [2.45, 2.75) is 90.4 Å². The molecule has 1 aromatic rings. The minimum atomic E-state index is -0.327. The first kappa shape index (κ1) is 22.8. The third-order valence-corrected chi connectivity index (χ3v) is 6.32. The summed E-state index contributed by atoms with van der Waals surface area (Å²) in [5, 5.41) is 6.98. The van der Waals surface area contributed by atoms with Crippen LogP contribution in [0.5, 0.6) is 11.5 Å². The Morgan fingerprint density at radius 2 is 1.00 bits per heavy atom. The Morgan fingerprint density at radius 3 is 1.23 bits per heavy atom. The smallest absolute Gasteiger partial charge is 0.316 e. The predicted molar refractivity (Wildman–Crippen MR) is 117 cm³/mol. The third kappa shape index (κ3) is 4.86. The number of hydrogen-bond donors (Lipinski definition) is 2. The van der Waals surface area contributed by atoms with E-state index < -0.39 is 0 Å². The van der Waals surface area contributed by atoms with E-state index >= 15 is 0 Å². The summed E-state index contributed by atoms with van der Waals surface area (Å²) in [4.78, 5) is 25.5. The molecule has 2 atom stereocenters. The molecule has 2 aliphatic heterocycles. The van der Waals surface area contributed by atoms with Crippen molar-refractivity contribution in [2.75, 3.05) is 0 Å². The lowest BCUT2D eigenvalue weighted by atomic mass is 9.87. The van der Waals surface area contributed by atoms with Crippen molar-refractivity contribution in [3.8, 4) is 11.5 Å². The molecule has 0 bridgehead atoms. The Morgan fingerprint density at radius 1 is 0.700 bits per heavy atom. The van der Waals surface area contributed by atoms with Gasteiger partial charge in [0.1, 0.15) is 11.5 Å². The van der Waals surface area contributed by atoms with Crippen molar-refractivity contribution < 1.29 is 19.1 Å². The van der Waals surface area contributed by atoms with Gasteiger partial charge in [0.2, 0.25) is 0 Å². The van der Waals surface area contributed by atoms with Gasteiger partial charge in [-0.25, -0.2) is 0 Å². The lowest BCUT2D eigenvalue weighted by Crippen LogP contribution is -2.47. The SMILES string of the molecule is CC1(C)CC(C(=O)Oc2ccc(OC(=O)C3CC(C)(C)NC3(C)C)cc2)C(C)(C)N1. The highest BCUT2D eigenvalue weighted by Gasteiger charge is 2.49. The standard InChI is InChI=1S/C24H36N2O4/c1-21(2)13-17(23(5,6)25-21)19(27)29-15-9-11-16(12-10-15)30-20(28)18-14-22(3,4)26-24(18,7)8/h9-12,17-18,25-26H,13-14H2,1-8H3. The van der Waals surface area contributed by atoms with E-state index in [1.165, 1.54) is 0 Å². The summed E-state index contributed by atoms with van der Waals surface area (Å²) >= 11 is 0. The fourth-order valence-electron chi connectivity index (χ4n) is 5.26. The van der Waals surface area contributed by atoms with Crippen LogP contribution in [0.2, 0.25) is 0 Å². The Bertz CT molecular complexity index is 755. The van der Waals surface area contributed by atoms with Crippen molar-refractivity contribution >= 4 is 11.9 Å². The van der Waals surface area contributed by atoms with Gasteiger partial charge in [-0.1, -0.05) is 0 Å². The van der Waals surface area contributed by atoms with E-state index in [9.17, 15) is 9.59 Å². The maximum atomic E-state index is 12.7. The molecule has 2 fully saturated rings. The first-order valence-electron chi connectivity index (χ1n) is 10.7. The summed E-state index contributed by atoms with van der Waals surface area (Å²) in [6, 6.07) is 6.68. The molecule has 0 aliphatic carbocycles. The van der Waals surface area contributed by atoms with Crippen LogP contribution >= 0.6 is 0 Å². The molecule has 30 heavy (non-hydrogen) atoms. The van der Waals surface area contributed by atoms with Gasteiger partial charge in [0.05, 0.1) is 11.8 Å². The van der Waals surface area contributed by atoms with E-state index in [-0.39, 0.29) is 45.9 Å². The van der Waals surface area contributed by atoms with Gasteiger partial charge in [-0.05, 0) is 92.5 Å². The van der Waals surface area contributed by atoms with Crippen LogP contribution in [0, 0.1) is 11.8 Å². The molecule has 0 saturated carbocycles. The van der Waals surface area contributed by atoms with Gasteiger partial charge in [0.15, 0.2) is 0 Å². The minimum absolute atomic E-state index is 0.108. The maximum absolute atomic E-state index is 12.7. The fourth-order valence-corrected chi connectivity index (χ4v) is 5.26. The van der Waals surface area contributed by atoms with Crippen LogP contribution in [0.25, 0.3) is 0 Å². The number of hydrogen-bond acceptors (Lipinski definition) is 6. The van der Waals surface area contributed by atoms with Crippen LogP contribution < -0.4 is 20.1 Å². The third-order valence-electron chi connectivity index (χ3n) is 6.32. The van der Waals surface area contributed by atoms with Crippen molar-refractivity contribution in [3.63, 3.8) is 0 Å². The summed E-state index contributed by atoms with van der Waals surface area (Å²) in [6.45, 7) is 16.5. The van der Waals surface area contributed by atoms with Gasteiger partial charge in [-0.3, -0.25) is 9.59 Å². The van der Waals surface area contributed by atoms with E-state index in [0.717, 1.165) is 12.8 Å². The monoisotopic (exact) mass is 416 g/mol. The summed E-state index contributed by atoms with van der Waals surface area (Å²) in [7, 11) is 0. The van der Waals surface area contributed by atoms with Gasteiger partial charge in [-0.15, -0.1) is 0 Å². The second kappa shape index (κ2) is 7.34. The molecule has 0 radical (unpaired) electrons. The Balaban J connectivity index is 1.62. The molecule has 1 aromatic carbocycles. The Kier molecular flexibility index (Phi) is 5.57. The molecular weight excluding hydrogens is 380 g/mol. The first-order chi connectivity index (χ1) is 13.6. The van der Waals surface area contributed by atoms with Gasteiger partial charge in [-0.2, -0.15) is 0 Å². The number of benzene rings is 1. The lowest BCUT2D eigenvalue weighted by molar-refractivity contribution is -0.141. The van der Waals surface area contributed by atoms with Crippen molar-refractivity contribution in [2.24, 2.45) is 11.8 Å². The van der Waals surface area contributed by atoms with Crippen LogP contribution in [0.1, 0.15) is 68.2 Å². The molecule has 2 unspecified atom stereocenters. The zero-order chi connectivity index (χ0) is 22.5. The second-order valence-corrected chi connectivity index (χ2v) is 11.3. The summed E-state index contributed by atoms with van der Waals surface area (Å²) < 4.78 is 11.2. The summed E-state index contributed by atoms with van der Waals surface area (Å²) in [6.07, 6.45) is 1.44. The molecule has 0 aromatic heterocycles. The highest BCUT2D eigenvalue weighted by atomic mass is 16.5. The van der Waals surface area contributed by atoms with Crippen LogP contribution in [0.15, 0.2) is 24.3 Å². The highest BCUT2D eigenvalue weighted by Crippen LogP contribution is 2.38. The first-order valence-corrected chi connectivity index (χ1v) is 10.7. The largest absolute Gasteiger partial charge is 0.426 e. The number of nitrogens with one attached hydrogen (secondary N) is 2. The highest BCUT2D eigenvalue weighted by molar-refractivity contribution is 5.78. The van der Waals surface area contributed by atoms with Gasteiger partial charge < -0.3 is 20.1 Å². The van der Waals surface area contributed by atoms with Crippen LogP contribution in [-0.2, 0) is 9.59 Å². The quantitative estimate of drug-likeness (QED) is 0.574. The average Bonchev–Trinajstić information content (AvgIpc) is 2.94. The van der Waals surface area contributed by atoms with Crippen LogP contribution in [-0.4, -0.2) is 34.1 Å². The second-order valence-electron chi connectivity index (χ2n) is 11.3. The van der Waals surface area contributed by atoms with E-state index in [2.05, 4.69) is 38.3 Å². The molecular formula is C24H36N2O4. The van der Waals surface area contributed by atoms with Crippen LogP contribution in [0.3, 0.4) is 0 Å². The number of ether oxygens (including phenoxy) is 2. The number of carbonyl (C=O) groups is 2. The minimum Gasteiger partial charge on any atom is -0.426 e. The zero-order valence-corrected chi connectivity index (χ0v) is 19.5. The molecule has 3 rings (SSSR count). The Hall–Kier alpha value is -1.92. The van der Waals surface area contributed by atoms with Gasteiger partial charge in [0.25, 0.3) is 0 Å². The molecule has 0 spiro atoms. The molecule has 2 heterocycles. The van der Waals surface area contributed by atoms with Crippen molar-refractivity contribution in [1.82, 2.24) is 10.6 Å². The average molecular weight is 417 g/mol. The number of esters is 2. The van der Waals surface area contributed by atoms with Gasteiger partial charge in [0, 0.05) is 22.2 Å². The fraction of sp³-hybridized carbons (Fsp3) is 0.667. The van der Waals surface area contributed by atoms with E-state index in [1.54, 1.807) is 24.3 Å². The zero-order valence-electron chi connectivity index (χ0n) is 19.5. The van der Waals surface area contributed by atoms with E-state index in [4.69, 9.17) is 9.47 Å². The van der Waals surface area contributed by atoms with Gasteiger partial charge >= 0.3 is 11.9 Å². The number of rotatable bonds is 4. The van der Waals surface area contributed by atoms with E-state index in [1.807, 2.05) is 27.7 Å². The molecule has 6 heteroatoms. The summed E-state index contributed by atoms with van der Waals surface area (Å²) in [5.74, 6) is -0.0582. The maximum Gasteiger partial charge on any atom is 0.316 e. The molecule has 2 saturated heterocycles. The molecule has 6 nitrogen and oxygen atoms in total. The predicted octanol–water partition coefficient (Wildman–Crippen LogP) is 3.83. The Labute approximate surface area is 180 Å². The van der Waals surface area contributed by atoms with E-state index in [0.29, 0.717) is 11.5 Å². The molecule has 166 valence electrons. The normalized spacial score (nSPS) is 28.1. The van der Waals surface area contributed by atoms with Crippen molar-refractivity contribution in [1.29, 1.82) is 0 Å². The lowest BCUT2D eigenvalue weighted by Gasteiger charge is -2.27. The molecule has 2 aliphatic rings. The van der Waals surface area contributed by atoms with Crippen LogP contribution in [0.4, 0.5) is 0 Å².